The van der Waals surface area contributed by atoms with Crippen LogP contribution in [0.4, 0.5) is 10.1 Å². The number of aryl methyl sites for hydroxylation is 1. The van der Waals surface area contributed by atoms with Crippen LogP contribution >= 0.6 is 15.9 Å². The first-order valence-corrected chi connectivity index (χ1v) is 7.07. The van der Waals surface area contributed by atoms with Gasteiger partial charge in [0.15, 0.2) is 0 Å². The third kappa shape index (κ3) is 4.59. The molecule has 1 heterocycles. The molecule has 2 aromatic rings. The summed E-state index contributed by atoms with van der Waals surface area (Å²) < 4.78 is 18.8. The van der Waals surface area contributed by atoms with Crippen molar-refractivity contribution in [2.45, 2.75) is 6.92 Å². The van der Waals surface area contributed by atoms with Gasteiger partial charge in [-0.25, -0.2) is 19.9 Å². The normalized spacial score (nSPS) is 11.1. The molecule has 0 bridgehead atoms. The van der Waals surface area contributed by atoms with Gasteiger partial charge in [-0.1, -0.05) is 0 Å². The zero-order valence-corrected chi connectivity index (χ0v) is 13.3. The number of ether oxygens (including phenoxy) is 1. The van der Waals surface area contributed by atoms with Crippen LogP contribution in [0, 0.1) is 18.3 Å². The van der Waals surface area contributed by atoms with Crippen LogP contribution < -0.4 is 10.1 Å². The molecule has 0 unspecified atom stereocenters. The summed E-state index contributed by atoms with van der Waals surface area (Å²) in [7, 11) is 0. The van der Waals surface area contributed by atoms with Gasteiger partial charge in [-0.3, -0.25) is 0 Å². The highest BCUT2D eigenvalue weighted by Gasteiger charge is 2.02. The van der Waals surface area contributed by atoms with Crippen LogP contribution in [0.1, 0.15) is 5.56 Å². The monoisotopic (exact) mass is 365 g/mol. The largest absolute Gasteiger partial charge is 0.457 e. The van der Waals surface area contributed by atoms with Crippen LogP contribution in [0.5, 0.6) is 6.01 Å². The quantitative estimate of drug-likeness (QED) is 0.756. The molecule has 2 N–H and O–H groups in total. The molecule has 6 nitrogen and oxygen atoms in total. The van der Waals surface area contributed by atoms with E-state index < -0.39 is 0 Å². The number of nitrogens with zero attached hydrogens (tertiary/aromatic N) is 3. The molecule has 0 radical (unpaired) electrons. The van der Waals surface area contributed by atoms with Gasteiger partial charge in [-0.15, -0.1) is 0 Å². The lowest BCUT2D eigenvalue weighted by atomic mass is 10.3. The Hall–Kier alpha value is -2.35. The molecule has 2 rings (SSSR count). The maximum atomic E-state index is 13.1. The van der Waals surface area contributed by atoms with E-state index >= 15 is 0 Å². The standard InChI is InChI=1S/C14H13BrFN5O/c1-9-5-19-14(20-6-9)22-8-11(21-17)7-18-10-2-3-13(16)12(15)4-10/h2-7,17-18H,8H2,1H3/b11-7-,21-17?. The molecule has 0 aliphatic carbocycles. The molecule has 0 amide bonds. The van der Waals surface area contributed by atoms with Crippen LogP contribution in [0.2, 0.25) is 0 Å². The number of anilines is 1. The Morgan fingerprint density at radius 2 is 2.18 bits per heavy atom. The van der Waals surface area contributed by atoms with Gasteiger partial charge in [-0.2, -0.15) is 5.11 Å². The SMILES string of the molecule is Cc1cnc(OC/C(=C/Nc2ccc(F)c(Br)c2)N=N)nc1. The van der Waals surface area contributed by atoms with Crippen LogP contribution in [-0.2, 0) is 0 Å². The highest BCUT2D eigenvalue weighted by molar-refractivity contribution is 9.10. The number of rotatable bonds is 6. The van der Waals surface area contributed by atoms with Crippen LogP contribution in [0.15, 0.2) is 52.1 Å². The van der Waals surface area contributed by atoms with E-state index in [1.54, 1.807) is 24.5 Å². The van der Waals surface area contributed by atoms with Gasteiger partial charge < -0.3 is 10.1 Å². The minimum Gasteiger partial charge on any atom is -0.457 e. The number of hydrogen-bond donors (Lipinski definition) is 2. The van der Waals surface area contributed by atoms with E-state index in [9.17, 15) is 4.39 Å². The molecule has 0 spiro atoms. The van der Waals surface area contributed by atoms with Crippen LogP contribution in [-0.4, -0.2) is 16.6 Å². The molecule has 0 atom stereocenters. The van der Waals surface area contributed by atoms with Crippen molar-refractivity contribution >= 4 is 21.6 Å². The number of benzene rings is 1. The van der Waals surface area contributed by atoms with Crippen molar-refractivity contribution in [3.05, 3.63) is 58.3 Å². The summed E-state index contributed by atoms with van der Waals surface area (Å²) in [5, 5.41) is 6.27. The summed E-state index contributed by atoms with van der Waals surface area (Å²) >= 11 is 3.10. The van der Waals surface area contributed by atoms with Crippen molar-refractivity contribution in [1.29, 1.82) is 5.53 Å². The molecule has 0 aliphatic rings. The fraction of sp³-hybridized carbons (Fsp3) is 0.143. The molecular formula is C14H13BrFN5O. The Kier molecular flexibility index (Phi) is 5.54. The maximum absolute atomic E-state index is 13.1. The van der Waals surface area contributed by atoms with Gasteiger partial charge >= 0.3 is 6.01 Å². The fourth-order valence-corrected chi connectivity index (χ4v) is 1.83. The van der Waals surface area contributed by atoms with Gasteiger partial charge in [0.25, 0.3) is 0 Å². The molecule has 8 heteroatoms. The van der Waals surface area contributed by atoms with Crippen molar-refractivity contribution < 1.29 is 9.13 Å². The number of aromatic nitrogens is 2. The first-order chi connectivity index (χ1) is 10.6. The fourth-order valence-electron chi connectivity index (χ4n) is 1.45. The second kappa shape index (κ2) is 7.60. The van der Waals surface area contributed by atoms with Gasteiger partial charge in [0.1, 0.15) is 18.1 Å². The molecule has 22 heavy (non-hydrogen) atoms. The minimum absolute atomic E-state index is 0.0436. The van der Waals surface area contributed by atoms with Gasteiger partial charge in [0.2, 0.25) is 0 Å². The summed E-state index contributed by atoms with van der Waals surface area (Å²) in [5.41, 5.74) is 9.05. The lowest BCUT2D eigenvalue weighted by molar-refractivity contribution is 0.320. The van der Waals surface area contributed by atoms with Crippen molar-refractivity contribution in [3.8, 4) is 6.01 Å². The van der Waals surface area contributed by atoms with E-state index in [0.717, 1.165) is 5.56 Å². The van der Waals surface area contributed by atoms with E-state index in [-0.39, 0.29) is 18.4 Å². The van der Waals surface area contributed by atoms with E-state index in [2.05, 4.69) is 36.3 Å². The topological polar surface area (TPSA) is 83.2 Å². The Morgan fingerprint density at radius 3 is 2.82 bits per heavy atom. The Balaban J connectivity index is 1.96. The summed E-state index contributed by atoms with van der Waals surface area (Å²) in [4.78, 5) is 7.98. The number of halogens is 2. The first kappa shape index (κ1) is 16.0. The molecule has 1 aromatic heterocycles. The molecule has 0 saturated carbocycles. The third-order valence-corrected chi connectivity index (χ3v) is 3.18. The molecular weight excluding hydrogens is 353 g/mol. The maximum Gasteiger partial charge on any atom is 0.316 e. The number of hydrogen-bond acceptors (Lipinski definition) is 6. The highest BCUT2D eigenvalue weighted by Crippen LogP contribution is 2.20. The average molecular weight is 366 g/mol. The first-order valence-electron chi connectivity index (χ1n) is 6.28. The lowest BCUT2D eigenvalue weighted by Crippen LogP contribution is -2.04. The highest BCUT2D eigenvalue weighted by atomic mass is 79.9. The summed E-state index contributed by atoms with van der Waals surface area (Å²) in [5.74, 6) is -0.347. The number of nitrogens with one attached hydrogen (secondary N) is 2. The Morgan fingerprint density at radius 1 is 1.45 bits per heavy atom. The molecule has 0 fully saturated rings. The summed E-state index contributed by atoms with van der Waals surface area (Å²) in [6.45, 7) is 1.92. The third-order valence-electron chi connectivity index (χ3n) is 2.58. The second-order valence-corrected chi connectivity index (χ2v) is 5.21. The molecule has 0 saturated heterocycles. The van der Waals surface area contributed by atoms with Gasteiger partial charge in [0, 0.05) is 24.3 Å². The summed E-state index contributed by atoms with van der Waals surface area (Å²) in [6, 6.07) is 4.69. The molecule has 0 aliphatic heterocycles. The van der Waals surface area contributed by atoms with E-state index in [0.29, 0.717) is 15.9 Å². The van der Waals surface area contributed by atoms with E-state index in [4.69, 9.17) is 10.3 Å². The minimum atomic E-state index is -0.347. The van der Waals surface area contributed by atoms with E-state index in [1.807, 2.05) is 6.92 Å². The van der Waals surface area contributed by atoms with Gasteiger partial charge in [-0.05, 0) is 46.6 Å². The lowest BCUT2D eigenvalue weighted by Gasteiger charge is -2.06. The Labute approximate surface area is 135 Å². The smallest absolute Gasteiger partial charge is 0.316 e. The van der Waals surface area contributed by atoms with E-state index in [1.165, 1.54) is 12.3 Å². The summed E-state index contributed by atoms with van der Waals surface area (Å²) in [6.07, 6.45) is 4.77. The van der Waals surface area contributed by atoms with Crippen LogP contribution in [0.25, 0.3) is 0 Å². The molecule has 1 aromatic carbocycles. The van der Waals surface area contributed by atoms with Crippen LogP contribution in [0.3, 0.4) is 0 Å². The van der Waals surface area contributed by atoms with Crippen molar-refractivity contribution in [1.82, 2.24) is 9.97 Å². The zero-order chi connectivity index (χ0) is 15.9. The van der Waals surface area contributed by atoms with Crippen molar-refractivity contribution in [3.63, 3.8) is 0 Å². The van der Waals surface area contributed by atoms with Crippen molar-refractivity contribution in [2.24, 2.45) is 5.11 Å². The average Bonchev–Trinajstić information content (AvgIpc) is 2.52. The van der Waals surface area contributed by atoms with Crippen molar-refractivity contribution in [2.75, 3.05) is 11.9 Å². The Bertz CT molecular complexity index is 690. The predicted octanol–water partition coefficient (Wildman–Crippen LogP) is 4.05. The van der Waals surface area contributed by atoms with Gasteiger partial charge in [0.05, 0.1) is 4.47 Å². The zero-order valence-electron chi connectivity index (χ0n) is 11.7. The molecule has 114 valence electrons. The second-order valence-electron chi connectivity index (χ2n) is 4.35. The predicted molar refractivity (Wildman–Crippen MR) is 83.2 cm³/mol.